The summed E-state index contributed by atoms with van der Waals surface area (Å²) in [6, 6.07) is 1.05. The molecule has 44 heavy (non-hydrogen) atoms. The number of ether oxygens (including phenoxy) is 2. The van der Waals surface area contributed by atoms with Gasteiger partial charge in [-0.15, -0.1) is 5.48 Å². The highest BCUT2D eigenvalue weighted by Crippen LogP contribution is 2.43. The summed E-state index contributed by atoms with van der Waals surface area (Å²) in [5, 5.41) is 0. The number of aromatic amines is 1. The average molecular weight is 650 g/mol. The molecule has 3 atom stereocenters. The van der Waals surface area contributed by atoms with Gasteiger partial charge < -0.3 is 18.7 Å². The fourth-order valence-electron chi connectivity index (χ4n) is 5.63. The van der Waals surface area contributed by atoms with E-state index in [0.717, 1.165) is 16.8 Å². The fourth-order valence-corrected chi connectivity index (χ4v) is 11.1. The van der Waals surface area contributed by atoms with Crippen LogP contribution >= 0.6 is 0 Å². The second-order valence-electron chi connectivity index (χ2n) is 11.0. The number of amides is 1. The van der Waals surface area contributed by atoms with Crippen LogP contribution in [0.1, 0.15) is 58.1 Å². The Morgan fingerprint density at radius 1 is 0.977 bits per heavy atom. The van der Waals surface area contributed by atoms with Crippen molar-refractivity contribution in [3.05, 3.63) is 79.9 Å². The lowest BCUT2D eigenvalue weighted by Crippen LogP contribution is -2.50. The van der Waals surface area contributed by atoms with Crippen LogP contribution in [0.25, 0.3) is 0 Å². The molecule has 2 aromatic rings. The molecule has 0 saturated carbocycles. The number of halogens is 5. The molecule has 0 bridgehead atoms. The van der Waals surface area contributed by atoms with Gasteiger partial charge in [-0.1, -0.05) is 48.1 Å². The van der Waals surface area contributed by atoms with Crippen LogP contribution in [0, 0.1) is 29.1 Å². The average Bonchev–Trinajstić information content (AvgIpc) is 3.23. The Balaban J connectivity index is 1.86. The van der Waals surface area contributed by atoms with Gasteiger partial charge in [0.25, 0.3) is 5.56 Å². The van der Waals surface area contributed by atoms with Crippen LogP contribution in [0.5, 0.6) is 0 Å². The van der Waals surface area contributed by atoms with Gasteiger partial charge in [0, 0.05) is 17.8 Å². The molecule has 1 saturated heterocycles. The maximum absolute atomic E-state index is 14.0. The number of benzene rings is 1. The van der Waals surface area contributed by atoms with E-state index in [1.165, 1.54) is 5.48 Å². The minimum absolute atomic E-state index is 0.0000939. The number of carbonyl (C=O) groups excluding carboxylic acids is 2. The molecule has 17 heteroatoms. The van der Waals surface area contributed by atoms with Crippen molar-refractivity contribution in [3.63, 3.8) is 0 Å². The van der Waals surface area contributed by atoms with E-state index in [2.05, 4.69) is 16.4 Å². The molecule has 0 unspecified atom stereocenters. The number of hydrogen-bond acceptors (Lipinski definition) is 8. The maximum Gasteiger partial charge on any atom is 0.441 e. The number of rotatable bonds is 9. The number of H-pyrrole nitrogens is 1. The largest absolute Gasteiger partial charge is 0.441 e. The molecule has 1 aromatic carbocycles. The minimum Gasteiger partial charge on any atom is -0.437 e. The Morgan fingerprint density at radius 3 is 2.00 bits per heavy atom. The van der Waals surface area contributed by atoms with Crippen molar-refractivity contribution in [1.29, 1.82) is 0 Å². The number of nitrogens with zero attached hydrogens (tertiary/aromatic N) is 1. The molecule has 0 aliphatic carbocycles. The number of carbonyl (C=O) groups is 2. The molecule has 0 radical (unpaired) electrons. The van der Waals surface area contributed by atoms with Gasteiger partial charge in [-0.25, -0.2) is 36.3 Å². The van der Waals surface area contributed by atoms with E-state index in [0.29, 0.717) is 0 Å². The SMILES string of the molecule is C=C1[C@H](n2ccc(=O)[nH]c2=O)O[C@H](CO[Si](C(C)C)(C(C)C)C(C)C)[C@H]1OC(=O)NOC(=O)c1c(F)c(F)c(F)c(F)c1F. The summed E-state index contributed by atoms with van der Waals surface area (Å²) in [5.74, 6) is -14.3. The van der Waals surface area contributed by atoms with Crippen molar-refractivity contribution in [2.75, 3.05) is 6.61 Å². The summed E-state index contributed by atoms with van der Waals surface area (Å²) >= 11 is 0. The zero-order chi connectivity index (χ0) is 33.3. The second kappa shape index (κ2) is 13.4. The lowest BCUT2D eigenvalue weighted by atomic mass is 10.1. The highest BCUT2D eigenvalue weighted by atomic mass is 28.4. The third-order valence-electron chi connectivity index (χ3n) is 7.51. The molecular weight excluding hydrogens is 617 g/mol. The van der Waals surface area contributed by atoms with Crippen LogP contribution in [-0.4, -0.2) is 48.7 Å². The van der Waals surface area contributed by atoms with Gasteiger partial charge in [-0.2, -0.15) is 0 Å². The van der Waals surface area contributed by atoms with Gasteiger partial charge in [0.15, 0.2) is 43.9 Å². The van der Waals surface area contributed by atoms with Gasteiger partial charge in [-0.05, 0) is 16.6 Å². The molecule has 1 amide bonds. The number of aromatic nitrogens is 2. The Bertz CT molecular complexity index is 1510. The first-order valence-electron chi connectivity index (χ1n) is 13.4. The molecular formula is C27H32F5N3O8Si. The van der Waals surface area contributed by atoms with Gasteiger partial charge in [-0.3, -0.25) is 14.3 Å². The first kappa shape index (κ1) is 34.7. The lowest BCUT2D eigenvalue weighted by molar-refractivity contribution is -0.0502. The highest BCUT2D eigenvalue weighted by molar-refractivity contribution is 6.77. The van der Waals surface area contributed by atoms with E-state index in [-0.39, 0.29) is 28.8 Å². The molecule has 1 fully saturated rings. The molecule has 11 nitrogen and oxygen atoms in total. The van der Waals surface area contributed by atoms with Crippen LogP contribution in [0.3, 0.4) is 0 Å². The molecule has 0 spiro atoms. The summed E-state index contributed by atoms with van der Waals surface area (Å²) in [4.78, 5) is 55.1. The quantitative estimate of drug-likeness (QED) is 0.0993. The molecule has 1 aliphatic heterocycles. The molecule has 1 aliphatic rings. The predicted octanol–water partition coefficient (Wildman–Crippen LogP) is 4.74. The van der Waals surface area contributed by atoms with Gasteiger partial charge in [0.2, 0.25) is 5.82 Å². The summed E-state index contributed by atoms with van der Waals surface area (Å²) in [7, 11) is -2.51. The second-order valence-corrected chi connectivity index (χ2v) is 16.5. The number of nitrogens with one attached hydrogen (secondary N) is 2. The van der Waals surface area contributed by atoms with E-state index in [1.54, 1.807) is 0 Å². The van der Waals surface area contributed by atoms with Crippen molar-refractivity contribution >= 4 is 20.4 Å². The van der Waals surface area contributed by atoms with Crippen molar-refractivity contribution in [2.45, 2.75) is 76.6 Å². The first-order valence-corrected chi connectivity index (χ1v) is 15.6. The third-order valence-corrected chi connectivity index (χ3v) is 13.6. The Hall–Kier alpha value is -3.83. The normalized spacial score (nSPS) is 18.8. The Morgan fingerprint density at radius 2 is 1.50 bits per heavy atom. The van der Waals surface area contributed by atoms with Crippen LogP contribution in [0.2, 0.25) is 16.6 Å². The van der Waals surface area contributed by atoms with Crippen LogP contribution < -0.4 is 16.7 Å². The van der Waals surface area contributed by atoms with Crippen molar-refractivity contribution in [2.24, 2.45) is 0 Å². The lowest BCUT2D eigenvalue weighted by Gasteiger charge is -2.42. The summed E-state index contributed by atoms with van der Waals surface area (Å²) in [5.41, 5.74) is -1.62. The van der Waals surface area contributed by atoms with E-state index >= 15 is 0 Å². The molecule has 242 valence electrons. The fraction of sp³-hybridized carbons (Fsp3) is 0.481. The van der Waals surface area contributed by atoms with Crippen molar-refractivity contribution < 1.29 is 50.3 Å². The summed E-state index contributed by atoms with van der Waals surface area (Å²) in [6.45, 7) is 15.9. The number of hydroxylamine groups is 1. The monoisotopic (exact) mass is 649 g/mol. The van der Waals surface area contributed by atoms with E-state index in [1.807, 2.05) is 41.5 Å². The summed E-state index contributed by atoms with van der Waals surface area (Å²) < 4.78 is 87.1. The van der Waals surface area contributed by atoms with Gasteiger partial charge in [0.05, 0.1) is 6.61 Å². The highest BCUT2D eigenvalue weighted by Gasteiger charge is 2.49. The minimum atomic E-state index is -2.51. The van der Waals surface area contributed by atoms with Crippen LogP contribution in [-0.2, 0) is 18.7 Å². The van der Waals surface area contributed by atoms with Crippen molar-refractivity contribution in [3.8, 4) is 0 Å². The standard InChI is InChI=1S/C27H32F5N3O8Si/c1-11(2)44(12(3)4,13(5)6)40-10-15-23(14(7)24(41-15)35-9-8-16(36)33-26(35)38)42-27(39)34-43-25(37)17-18(28)20(30)22(32)21(31)19(17)29/h8-9,11-13,15,23-24H,7,10H2,1-6H3,(H,34,39)(H,33,36,38)/t15-,23+,24-/m1/s1. The maximum atomic E-state index is 14.0. The third kappa shape index (κ3) is 6.48. The zero-order valence-electron chi connectivity index (χ0n) is 24.6. The molecule has 1 aromatic heterocycles. The van der Waals surface area contributed by atoms with E-state index in [4.69, 9.17) is 13.9 Å². The van der Waals surface area contributed by atoms with E-state index in [9.17, 15) is 41.1 Å². The predicted molar refractivity (Wildman–Crippen MR) is 146 cm³/mol. The zero-order valence-corrected chi connectivity index (χ0v) is 25.6. The Labute approximate surface area is 249 Å². The van der Waals surface area contributed by atoms with Gasteiger partial charge >= 0.3 is 17.8 Å². The van der Waals surface area contributed by atoms with E-state index < -0.39 is 84.7 Å². The smallest absolute Gasteiger partial charge is 0.437 e. The van der Waals surface area contributed by atoms with Gasteiger partial charge in [0.1, 0.15) is 11.7 Å². The molecule has 2 N–H and O–H groups in total. The Kier molecular flexibility index (Phi) is 10.6. The molecule has 3 rings (SSSR count). The molecule has 2 heterocycles. The first-order chi connectivity index (χ1) is 20.4. The van der Waals surface area contributed by atoms with Crippen molar-refractivity contribution in [1.82, 2.24) is 15.0 Å². The van der Waals surface area contributed by atoms with Crippen LogP contribution in [0.15, 0.2) is 34.0 Å². The number of hydrogen-bond donors (Lipinski definition) is 2. The van der Waals surface area contributed by atoms with Crippen LogP contribution in [0.4, 0.5) is 26.7 Å². The summed E-state index contributed by atoms with van der Waals surface area (Å²) in [6.07, 6.45) is -4.12. The topological polar surface area (TPSA) is 138 Å².